The van der Waals surface area contributed by atoms with Crippen LogP contribution >= 0.6 is 0 Å². The Kier molecular flexibility index (Phi) is 9.19. The molecule has 0 nitrogen and oxygen atoms in total. The lowest BCUT2D eigenvalue weighted by Gasteiger charge is -2.19. The first-order chi connectivity index (χ1) is 35.7. The second kappa shape index (κ2) is 16.2. The van der Waals surface area contributed by atoms with Crippen molar-refractivity contribution in [2.24, 2.45) is 0 Å². The molecule has 2 aliphatic carbocycles. The molecule has 0 fully saturated rings. The van der Waals surface area contributed by atoms with Crippen LogP contribution in [-0.4, -0.2) is 0 Å². The molecule has 72 heavy (non-hydrogen) atoms. The summed E-state index contributed by atoms with van der Waals surface area (Å²) in [4.78, 5) is 0. The summed E-state index contributed by atoms with van der Waals surface area (Å²) in [6.07, 6.45) is 1.81. The molecule has 0 bridgehead atoms. The van der Waals surface area contributed by atoms with E-state index in [0.717, 1.165) is 12.8 Å². The fourth-order valence-corrected chi connectivity index (χ4v) is 12.8. The lowest BCUT2D eigenvalue weighted by molar-refractivity contribution is 1.27. The van der Waals surface area contributed by atoms with Crippen LogP contribution in [0.1, 0.15) is 22.3 Å². The Balaban J connectivity index is 0.840. The highest BCUT2D eigenvalue weighted by Crippen LogP contribution is 2.51. The summed E-state index contributed by atoms with van der Waals surface area (Å²) in [5.41, 5.74) is 26.4. The summed E-state index contributed by atoms with van der Waals surface area (Å²) in [6.45, 7) is 0. The predicted octanol–water partition coefficient (Wildman–Crippen LogP) is 19.4. The van der Waals surface area contributed by atoms with E-state index in [0.29, 0.717) is 0 Å². The third kappa shape index (κ3) is 6.26. The van der Waals surface area contributed by atoms with Crippen LogP contribution in [0.25, 0.3) is 132 Å². The van der Waals surface area contributed by atoms with E-state index in [1.54, 1.807) is 0 Å². The number of hydrogen-bond acceptors (Lipinski definition) is 0. The van der Waals surface area contributed by atoms with Crippen LogP contribution in [0.15, 0.2) is 255 Å². The first-order valence-electron chi connectivity index (χ1n) is 25.3. The second-order valence-electron chi connectivity index (χ2n) is 19.7. The van der Waals surface area contributed by atoms with E-state index in [4.69, 9.17) is 0 Å². The number of hydrogen-bond donors (Lipinski definition) is 0. The first-order valence-corrected chi connectivity index (χ1v) is 25.3. The van der Waals surface area contributed by atoms with Crippen LogP contribution in [0.5, 0.6) is 0 Å². The molecule has 0 saturated carbocycles. The zero-order valence-corrected chi connectivity index (χ0v) is 39.7. The van der Waals surface area contributed by atoms with E-state index in [1.807, 2.05) is 0 Å². The lowest BCUT2D eigenvalue weighted by Crippen LogP contribution is -1.93. The molecule has 0 heteroatoms. The van der Waals surface area contributed by atoms with Crippen molar-refractivity contribution in [3.05, 3.63) is 277 Å². The first kappa shape index (κ1) is 40.8. The molecule has 0 spiro atoms. The Hall–Kier alpha value is -9.10. The van der Waals surface area contributed by atoms with Crippen molar-refractivity contribution in [3.63, 3.8) is 0 Å². The zero-order valence-electron chi connectivity index (χ0n) is 39.7. The van der Waals surface area contributed by atoms with E-state index in [2.05, 4.69) is 255 Å². The molecule has 13 aromatic rings. The quantitative estimate of drug-likeness (QED) is 0.146. The Morgan fingerprint density at radius 3 is 0.861 bits per heavy atom. The van der Waals surface area contributed by atoms with Crippen molar-refractivity contribution in [1.29, 1.82) is 0 Å². The van der Waals surface area contributed by atoms with E-state index in [1.165, 1.54) is 154 Å². The van der Waals surface area contributed by atoms with E-state index < -0.39 is 0 Å². The SMILES string of the molecule is c1ccc(-c2cccc3c2Cc2c-3cc3ccccc3c2-c2ccc(-c3c4ccccc4c(-c4ccc(-c5c6c(cc7ccccc57)-c5cccc(-c7ccccc7)c5C6)cc4)c4ccccc34)cc2)cc1. The van der Waals surface area contributed by atoms with Crippen LogP contribution in [0, 0.1) is 0 Å². The molecule has 0 saturated heterocycles. The molecule has 2 aliphatic rings. The van der Waals surface area contributed by atoms with Gasteiger partial charge in [0.2, 0.25) is 0 Å². The third-order valence-corrected chi connectivity index (χ3v) is 16.0. The fraction of sp³-hybridized carbons (Fsp3) is 0.0278. The fourth-order valence-electron chi connectivity index (χ4n) is 12.8. The molecule has 0 unspecified atom stereocenters. The van der Waals surface area contributed by atoms with Gasteiger partial charge in [0.25, 0.3) is 0 Å². The topological polar surface area (TPSA) is 0 Å². The molecule has 0 aromatic heterocycles. The van der Waals surface area contributed by atoms with Gasteiger partial charge in [-0.25, -0.2) is 0 Å². The van der Waals surface area contributed by atoms with Gasteiger partial charge in [-0.15, -0.1) is 0 Å². The Labute approximate surface area is 419 Å². The highest BCUT2D eigenvalue weighted by Gasteiger charge is 2.29. The van der Waals surface area contributed by atoms with E-state index >= 15 is 0 Å². The van der Waals surface area contributed by atoms with Crippen molar-refractivity contribution >= 4 is 43.1 Å². The summed E-state index contributed by atoms with van der Waals surface area (Å²) in [5, 5.41) is 10.2. The molecule has 0 heterocycles. The summed E-state index contributed by atoms with van der Waals surface area (Å²) in [7, 11) is 0. The Bertz CT molecular complexity index is 3990. The van der Waals surface area contributed by atoms with Gasteiger partial charge in [-0.2, -0.15) is 0 Å². The average Bonchev–Trinajstić information content (AvgIpc) is 4.02. The van der Waals surface area contributed by atoms with Crippen LogP contribution in [-0.2, 0) is 12.8 Å². The van der Waals surface area contributed by atoms with Gasteiger partial charge >= 0.3 is 0 Å². The van der Waals surface area contributed by atoms with Crippen LogP contribution < -0.4 is 0 Å². The summed E-state index contributed by atoms with van der Waals surface area (Å²) >= 11 is 0. The molecular weight excluding hydrogens is 865 g/mol. The Morgan fingerprint density at radius 1 is 0.181 bits per heavy atom. The van der Waals surface area contributed by atoms with Crippen molar-refractivity contribution in [2.45, 2.75) is 12.8 Å². The van der Waals surface area contributed by atoms with Crippen molar-refractivity contribution in [3.8, 4) is 89.0 Å². The van der Waals surface area contributed by atoms with Gasteiger partial charge in [0.05, 0.1) is 0 Å². The Morgan fingerprint density at radius 2 is 0.486 bits per heavy atom. The van der Waals surface area contributed by atoms with Gasteiger partial charge in [0.15, 0.2) is 0 Å². The minimum Gasteiger partial charge on any atom is -0.0622 e. The second-order valence-corrected chi connectivity index (χ2v) is 19.7. The van der Waals surface area contributed by atoms with Crippen molar-refractivity contribution in [1.82, 2.24) is 0 Å². The van der Waals surface area contributed by atoms with Gasteiger partial charge in [0, 0.05) is 0 Å². The van der Waals surface area contributed by atoms with Crippen LogP contribution in [0.2, 0.25) is 0 Å². The van der Waals surface area contributed by atoms with Crippen LogP contribution in [0.4, 0.5) is 0 Å². The highest BCUT2D eigenvalue weighted by atomic mass is 14.3. The highest BCUT2D eigenvalue weighted by molar-refractivity contribution is 6.21. The smallest absolute Gasteiger partial charge is 0.0000888 e. The van der Waals surface area contributed by atoms with Gasteiger partial charge in [0.1, 0.15) is 0 Å². The molecule has 334 valence electrons. The van der Waals surface area contributed by atoms with Gasteiger partial charge in [-0.05, 0) is 179 Å². The van der Waals surface area contributed by atoms with Crippen LogP contribution in [0.3, 0.4) is 0 Å². The number of fused-ring (bicyclic) bond motifs is 10. The van der Waals surface area contributed by atoms with Crippen molar-refractivity contribution in [2.75, 3.05) is 0 Å². The standard InChI is InChI=1S/C72H46/c1-3-17-45(18-4-1)53-29-15-31-57-63-41-51-21-7-9-23-55(51)69(67(63)43-65(53)57)47-33-37-49(38-34-47)71-59-25-11-13-27-61(59)72(62-28-14-12-26-60(62)71)50-39-35-48(36-40-50)70-56-24-10-8-22-52(56)42-64-58-32-16-30-54(66(58)44-68(64)70)46-19-5-2-6-20-46/h1-42H,43-44H2. The minimum absolute atomic E-state index is 0.906. The molecular formula is C72H46. The zero-order chi connectivity index (χ0) is 47.3. The molecule has 13 aromatic carbocycles. The van der Waals surface area contributed by atoms with Gasteiger partial charge in [-0.3, -0.25) is 0 Å². The third-order valence-electron chi connectivity index (χ3n) is 16.0. The predicted molar refractivity (Wildman–Crippen MR) is 306 cm³/mol. The van der Waals surface area contributed by atoms with E-state index in [9.17, 15) is 0 Å². The lowest BCUT2D eigenvalue weighted by atomic mass is 9.84. The maximum atomic E-state index is 2.42. The normalized spacial score (nSPS) is 12.3. The average molecular weight is 911 g/mol. The van der Waals surface area contributed by atoms with Gasteiger partial charge in [-0.1, -0.05) is 243 Å². The molecule has 0 atom stereocenters. The molecule has 0 radical (unpaired) electrons. The molecule has 0 N–H and O–H groups in total. The van der Waals surface area contributed by atoms with E-state index in [-0.39, 0.29) is 0 Å². The van der Waals surface area contributed by atoms with Gasteiger partial charge < -0.3 is 0 Å². The summed E-state index contributed by atoms with van der Waals surface area (Å²) < 4.78 is 0. The molecule has 0 amide bonds. The maximum Gasteiger partial charge on any atom is -0.0000888 e. The maximum absolute atomic E-state index is 2.42. The van der Waals surface area contributed by atoms with Crippen molar-refractivity contribution < 1.29 is 0 Å². The molecule has 15 rings (SSSR count). The minimum atomic E-state index is 0.906. The monoisotopic (exact) mass is 910 g/mol. The number of rotatable bonds is 6. The largest absolute Gasteiger partial charge is 0.0622 e. The number of benzene rings is 13. The summed E-state index contributed by atoms with van der Waals surface area (Å²) in [5.74, 6) is 0. The summed E-state index contributed by atoms with van der Waals surface area (Å²) in [6, 6.07) is 95.2. The molecule has 0 aliphatic heterocycles.